The van der Waals surface area contributed by atoms with Gasteiger partial charge >= 0.3 is 5.97 Å². The molecule has 0 unspecified atom stereocenters. The van der Waals surface area contributed by atoms with E-state index in [1.807, 2.05) is 13.0 Å². The SMILES string of the molecule is CCOC(=O)c1c(NC(=O)/C(C#N)=C/c2ccc(-c3cc(Cl)ccc3Cl)o2)sc(C)c1C. The second-order valence-electron chi connectivity index (χ2n) is 6.66. The molecule has 1 N–H and O–H groups in total. The first kappa shape index (κ1) is 23.6. The van der Waals surface area contributed by atoms with Gasteiger partial charge in [0.05, 0.1) is 17.2 Å². The van der Waals surface area contributed by atoms with Crippen LogP contribution in [0.4, 0.5) is 5.00 Å². The number of benzene rings is 1. The number of nitriles is 1. The Morgan fingerprint density at radius 2 is 2.00 bits per heavy atom. The smallest absolute Gasteiger partial charge is 0.341 e. The molecule has 0 radical (unpaired) electrons. The zero-order valence-corrected chi connectivity index (χ0v) is 19.7. The summed E-state index contributed by atoms with van der Waals surface area (Å²) in [5, 5.41) is 13.4. The first-order valence-corrected chi connectivity index (χ1v) is 11.1. The normalized spacial score (nSPS) is 11.2. The maximum absolute atomic E-state index is 12.7. The van der Waals surface area contributed by atoms with Crippen molar-refractivity contribution in [3.8, 4) is 17.4 Å². The van der Waals surface area contributed by atoms with E-state index in [4.69, 9.17) is 32.4 Å². The Hall–Kier alpha value is -3.05. The van der Waals surface area contributed by atoms with Gasteiger partial charge in [-0.05, 0) is 56.7 Å². The maximum atomic E-state index is 12.7. The molecular weight excluding hydrogens is 471 g/mol. The molecule has 6 nitrogen and oxygen atoms in total. The van der Waals surface area contributed by atoms with Crippen molar-refractivity contribution in [1.29, 1.82) is 5.26 Å². The highest BCUT2D eigenvalue weighted by molar-refractivity contribution is 7.16. The summed E-state index contributed by atoms with van der Waals surface area (Å²) in [6.07, 6.45) is 1.31. The van der Waals surface area contributed by atoms with E-state index in [1.54, 1.807) is 44.2 Å². The van der Waals surface area contributed by atoms with Crippen LogP contribution in [0, 0.1) is 25.2 Å². The Labute approximate surface area is 199 Å². The van der Waals surface area contributed by atoms with Crippen LogP contribution in [0.15, 0.2) is 40.3 Å². The lowest BCUT2D eigenvalue weighted by atomic mass is 10.1. The summed E-state index contributed by atoms with van der Waals surface area (Å²) in [7, 11) is 0. The highest BCUT2D eigenvalue weighted by Gasteiger charge is 2.23. The molecule has 9 heteroatoms. The molecule has 0 atom stereocenters. The van der Waals surface area contributed by atoms with E-state index < -0.39 is 11.9 Å². The maximum Gasteiger partial charge on any atom is 0.341 e. The number of thiophene rings is 1. The molecule has 0 aliphatic heterocycles. The predicted octanol–water partition coefficient (Wildman–Crippen LogP) is 6.65. The predicted molar refractivity (Wildman–Crippen MR) is 126 cm³/mol. The van der Waals surface area contributed by atoms with E-state index in [0.29, 0.717) is 26.4 Å². The highest BCUT2D eigenvalue weighted by Crippen LogP contribution is 2.34. The Bertz CT molecular complexity index is 1270. The zero-order valence-electron chi connectivity index (χ0n) is 17.4. The third-order valence-corrected chi connectivity index (χ3v) is 6.25. The average Bonchev–Trinajstić information content (AvgIpc) is 3.32. The molecule has 2 aromatic heterocycles. The Morgan fingerprint density at radius 3 is 2.69 bits per heavy atom. The molecule has 2 heterocycles. The van der Waals surface area contributed by atoms with Crippen LogP contribution in [-0.4, -0.2) is 18.5 Å². The van der Waals surface area contributed by atoms with Gasteiger partial charge in [0.25, 0.3) is 5.91 Å². The molecule has 3 aromatic rings. The van der Waals surface area contributed by atoms with Gasteiger partial charge in [0, 0.05) is 21.5 Å². The second-order valence-corrected chi connectivity index (χ2v) is 8.73. The first-order chi connectivity index (χ1) is 15.2. The number of nitrogens with zero attached hydrogens (tertiary/aromatic N) is 1. The van der Waals surface area contributed by atoms with Gasteiger partial charge in [0.2, 0.25) is 0 Å². The molecule has 1 aromatic carbocycles. The number of ether oxygens (including phenoxy) is 1. The molecule has 164 valence electrons. The standard InChI is InChI=1S/C23H18Cl2N2O4S/c1-4-30-23(29)20-12(2)13(3)32-22(20)27-21(28)14(11-26)9-16-6-8-19(31-16)17-10-15(24)5-7-18(17)25/h5-10H,4H2,1-3H3,(H,27,28)/b14-9+. The fourth-order valence-corrected chi connectivity index (χ4v) is 4.31. The van der Waals surface area contributed by atoms with E-state index in [0.717, 1.165) is 10.4 Å². The van der Waals surface area contributed by atoms with Gasteiger partial charge in [0.15, 0.2) is 0 Å². The summed E-state index contributed by atoms with van der Waals surface area (Å²) in [6.45, 7) is 5.53. The Kier molecular flexibility index (Phi) is 7.41. The van der Waals surface area contributed by atoms with Crippen molar-refractivity contribution in [2.75, 3.05) is 11.9 Å². The number of esters is 1. The monoisotopic (exact) mass is 488 g/mol. The largest absolute Gasteiger partial charge is 0.462 e. The van der Waals surface area contributed by atoms with Crippen LogP contribution >= 0.6 is 34.5 Å². The summed E-state index contributed by atoms with van der Waals surface area (Å²) in [5.41, 5.74) is 1.41. The number of amides is 1. The number of hydrogen-bond acceptors (Lipinski definition) is 6. The number of carbonyl (C=O) groups excluding carboxylic acids is 2. The number of furan rings is 1. The molecule has 0 bridgehead atoms. The highest BCUT2D eigenvalue weighted by atomic mass is 35.5. The third-order valence-electron chi connectivity index (χ3n) is 4.56. The summed E-state index contributed by atoms with van der Waals surface area (Å²) >= 11 is 13.5. The van der Waals surface area contributed by atoms with Crippen molar-refractivity contribution >= 4 is 57.5 Å². The lowest BCUT2D eigenvalue weighted by molar-refractivity contribution is -0.112. The van der Waals surface area contributed by atoms with Crippen molar-refractivity contribution in [3.05, 3.63) is 67.7 Å². The molecule has 0 saturated carbocycles. The van der Waals surface area contributed by atoms with Crippen LogP contribution in [0.25, 0.3) is 17.4 Å². The minimum Gasteiger partial charge on any atom is -0.462 e. The summed E-state index contributed by atoms with van der Waals surface area (Å²) in [6, 6.07) is 10.1. The number of halogens is 2. The molecule has 0 spiro atoms. The molecule has 0 aliphatic carbocycles. The van der Waals surface area contributed by atoms with Crippen molar-refractivity contribution in [1.82, 2.24) is 0 Å². The molecule has 0 saturated heterocycles. The molecule has 32 heavy (non-hydrogen) atoms. The number of carbonyl (C=O) groups is 2. The Morgan fingerprint density at radius 1 is 1.25 bits per heavy atom. The van der Waals surface area contributed by atoms with Gasteiger partial charge in [-0.3, -0.25) is 4.79 Å². The van der Waals surface area contributed by atoms with Gasteiger partial charge in [-0.25, -0.2) is 4.79 Å². The van der Waals surface area contributed by atoms with Crippen molar-refractivity contribution in [2.45, 2.75) is 20.8 Å². The average molecular weight is 489 g/mol. The molecule has 0 fully saturated rings. The fourth-order valence-electron chi connectivity index (χ4n) is 2.89. The van der Waals surface area contributed by atoms with E-state index in [2.05, 4.69) is 5.32 Å². The number of aryl methyl sites for hydroxylation is 1. The number of rotatable bonds is 6. The van der Waals surface area contributed by atoms with Crippen LogP contribution < -0.4 is 5.32 Å². The van der Waals surface area contributed by atoms with E-state index in [-0.39, 0.29) is 23.5 Å². The van der Waals surface area contributed by atoms with Gasteiger partial charge in [-0.1, -0.05) is 23.2 Å². The van der Waals surface area contributed by atoms with E-state index in [1.165, 1.54) is 17.4 Å². The van der Waals surface area contributed by atoms with Crippen molar-refractivity contribution < 1.29 is 18.7 Å². The molecule has 1 amide bonds. The lowest BCUT2D eigenvalue weighted by Gasteiger charge is -2.06. The number of anilines is 1. The van der Waals surface area contributed by atoms with Crippen LogP contribution in [0.1, 0.15) is 33.5 Å². The van der Waals surface area contributed by atoms with E-state index in [9.17, 15) is 14.9 Å². The van der Waals surface area contributed by atoms with Crippen LogP contribution in [0.2, 0.25) is 10.0 Å². The van der Waals surface area contributed by atoms with Crippen molar-refractivity contribution in [3.63, 3.8) is 0 Å². The van der Waals surface area contributed by atoms with Gasteiger partial charge in [-0.2, -0.15) is 5.26 Å². The first-order valence-electron chi connectivity index (χ1n) is 9.50. The van der Waals surface area contributed by atoms with Crippen LogP contribution in [0.3, 0.4) is 0 Å². The second kappa shape index (κ2) is 10.0. The lowest BCUT2D eigenvalue weighted by Crippen LogP contribution is -2.16. The minimum absolute atomic E-state index is 0.193. The summed E-state index contributed by atoms with van der Waals surface area (Å²) in [5.74, 6) is -0.471. The van der Waals surface area contributed by atoms with Crippen molar-refractivity contribution in [2.24, 2.45) is 0 Å². The third kappa shape index (κ3) is 5.05. The van der Waals surface area contributed by atoms with Crippen LogP contribution in [-0.2, 0) is 9.53 Å². The van der Waals surface area contributed by atoms with Gasteiger partial charge in [0.1, 0.15) is 28.2 Å². The zero-order chi connectivity index (χ0) is 23.4. The fraction of sp³-hybridized carbons (Fsp3) is 0.174. The Balaban J connectivity index is 1.87. The molecule has 3 rings (SSSR count). The topological polar surface area (TPSA) is 92.3 Å². The number of nitrogens with one attached hydrogen (secondary N) is 1. The summed E-state index contributed by atoms with van der Waals surface area (Å²) < 4.78 is 10.8. The van der Waals surface area contributed by atoms with Gasteiger partial charge in [-0.15, -0.1) is 11.3 Å². The van der Waals surface area contributed by atoms with Gasteiger partial charge < -0.3 is 14.5 Å². The number of hydrogen-bond donors (Lipinski definition) is 1. The van der Waals surface area contributed by atoms with E-state index >= 15 is 0 Å². The molecule has 0 aliphatic rings. The minimum atomic E-state index is -0.668. The summed E-state index contributed by atoms with van der Waals surface area (Å²) in [4.78, 5) is 25.9. The van der Waals surface area contributed by atoms with Crippen LogP contribution in [0.5, 0.6) is 0 Å². The quantitative estimate of drug-likeness (QED) is 0.238. The molecular formula is C23H18Cl2N2O4S.